The zero-order valence-corrected chi connectivity index (χ0v) is 12.6. The lowest BCUT2D eigenvalue weighted by Gasteiger charge is -2.34. The summed E-state index contributed by atoms with van der Waals surface area (Å²) in [6.45, 7) is 7.32. The Balaban J connectivity index is 1.93. The van der Waals surface area contributed by atoms with Gasteiger partial charge in [0.05, 0.1) is 12.4 Å². The van der Waals surface area contributed by atoms with Crippen molar-refractivity contribution in [1.82, 2.24) is 15.3 Å². The highest BCUT2D eigenvalue weighted by molar-refractivity contribution is 5.92. The normalized spacial score (nSPS) is 18.6. The molecule has 0 atom stereocenters. The summed E-state index contributed by atoms with van der Waals surface area (Å²) in [4.78, 5) is 20.5. The maximum absolute atomic E-state index is 12.2. The third-order valence-electron chi connectivity index (χ3n) is 3.90. The molecule has 1 aliphatic rings. The highest BCUT2D eigenvalue weighted by Crippen LogP contribution is 2.35. The number of hydrogen-bond acceptors (Lipinski definition) is 4. The van der Waals surface area contributed by atoms with E-state index >= 15 is 0 Å². The van der Waals surface area contributed by atoms with E-state index in [1.165, 1.54) is 6.20 Å². The first-order valence-corrected chi connectivity index (χ1v) is 7.37. The van der Waals surface area contributed by atoms with E-state index in [1.54, 1.807) is 6.20 Å². The molecule has 2 rings (SSSR count). The fraction of sp³-hybridized carbons (Fsp3) is 0.667. The molecule has 5 nitrogen and oxygen atoms in total. The number of carbonyl (C=O) groups is 1. The third-order valence-corrected chi connectivity index (χ3v) is 3.90. The first-order chi connectivity index (χ1) is 9.50. The third kappa shape index (κ3) is 3.92. The van der Waals surface area contributed by atoms with Crippen LogP contribution in [0.25, 0.3) is 0 Å². The molecule has 1 aliphatic carbocycles. The lowest BCUT2D eigenvalue weighted by Crippen LogP contribution is -2.39. The molecular formula is C15H24N4O. The van der Waals surface area contributed by atoms with Crippen molar-refractivity contribution in [3.05, 3.63) is 18.1 Å². The number of hydrogen-bond donors (Lipinski definition) is 2. The van der Waals surface area contributed by atoms with Crippen molar-refractivity contribution in [2.24, 2.45) is 5.41 Å². The molecule has 1 amide bonds. The zero-order chi connectivity index (χ0) is 14.6. The van der Waals surface area contributed by atoms with Gasteiger partial charge < -0.3 is 10.6 Å². The van der Waals surface area contributed by atoms with Crippen LogP contribution >= 0.6 is 0 Å². The molecule has 0 bridgehead atoms. The number of carbonyl (C=O) groups excluding carboxylic acids is 1. The second kappa shape index (κ2) is 6.20. The summed E-state index contributed by atoms with van der Waals surface area (Å²) in [6, 6.07) is 0.264. The molecule has 0 unspecified atom stereocenters. The van der Waals surface area contributed by atoms with Gasteiger partial charge >= 0.3 is 0 Å². The Morgan fingerprint density at radius 2 is 2.05 bits per heavy atom. The average Bonchev–Trinajstić information content (AvgIpc) is 2.42. The second-order valence-corrected chi connectivity index (χ2v) is 6.23. The minimum atomic E-state index is -0.123. The van der Waals surface area contributed by atoms with Crippen LogP contribution in [0.4, 0.5) is 5.82 Å². The number of nitrogens with one attached hydrogen (secondary N) is 2. The van der Waals surface area contributed by atoms with Crippen LogP contribution in [-0.4, -0.2) is 28.5 Å². The molecule has 1 saturated carbocycles. The standard InChI is InChI=1S/C15H24N4O/c1-4-17-13-10-16-9-12(19-13)14(20)18-11-5-7-15(2,3)8-6-11/h9-11H,4-8H2,1-3H3,(H,17,19)(H,18,20). The molecule has 1 heterocycles. The van der Waals surface area contributed by atoms with Gasteiger partial charge in [-0.2, -0.15) is 0 Å². The van der Waals surface area contributed by atoms with E-state index in [-0.39, 0.29) is 11.9 Å². The molecule has 1 aromatic heterocycles. The van der Waals surface area contributed by atoms with E-state index in [2.05, 4.69) is 34.4 Å². The summed E-state index contributed by atoms with van der Waals surface area (Å²) in [5, 5.41) is 6.14. The minimum absolute atomic E-state index is 0.123. The van der Waals surface area contributed by atoms with Gasteiger partial charge in [-0.15, -0.1) is 0 Å². The monoisotopic (exact) mass is 276 g/mol. The molecule has 20 heavy (non-hydrogen) atoms. The van der Waals surface area contributed by atoms with Gasteiger partial charge in [0, 0.05) is 12.6 Å². The quantitative estimate of drug-likeness (QED) is 0.887. The largest absolute Gasteiger partial charge is 0.369 e. The molecule has 0 aromatic carbocycles. The van der Waals surface area contributed by atoms with E-state index in [4.69, 9.17) is 0 Å². The minimum Gasteiger partial charge on any atom is -0.369 e. The molecule has 0 saturated heterocycles. The molecule has 0 radical (unpaired) electrons. The van der Waals surface area contributed by atoms with Gasteiger partial charge in [0.15, 0.2) is 0 Å². The van der Waals surface area contributed by atoms with Crippen molar-refractivity contribution in [3.8, 4) is 0 Å². The summed E-state index contributed by atoms with van der Waals surface area (Å²) in [6.07, 6.45) is 7.53. The molecular weight excluding hydrogens is 252 g/mol. The van der Waals surface area contributed by atoms with E-state index < -0.39 is 0 Å². The Hall–Kier alpha value is -1.65. The van der Waals surface area contributed by atoms with Gasteiger partial charge in [-0.25, -0.2) is 4.98 Å². The number of rotatable bonds is 4. The van der Waals surface area contributed by atoms with Gasteiger partial charge in [0.1, 0.15) is 11.5 Å². The second-order valence-electron chi connectivity index (χ2n) is 6.23. The van der Waals surface area contributed by atoms with Crippen LogP contribution in [0.5, 0.6) is 0 Å². The van der Waals surface area contributed by atoms with Gasteiger partial charge in [-0.3, -0.25) is 9.78 Å². The lowest BCUT2D eigenvalue weighted by molar-refractivity contribution is 0.0903. The SMILES string of the molecule is CCNc1cncc(C(=O)NC2CCC(C)(C)CC2)n1. The molecule has 5 heteroatoms. The maximum Gasteiger partial charge on any atom is 0.271 e. The maximum atomic E-state index is 12.2. The van der Waals surface area contributed by atoms with E-state index in [0.29, 0.717) is 16.9 Å². The summed E-state index contributed by atoms with van der Waals surface area (Å²) in [7, 11) is 0. The summed E-state index contributed by atoms with van der Waals surface area (Å²) >= 11 is 0. The molecule has 0 aliphatic heterocycles. The topological polar surface area (TPSA) is 66.9 Å². The number of aromatic nitrogens is 2. The fourth-order valence-electron chi connectivity index (χ4n) is 2.54. The Morgan fingerprint density at radius 3 is 2.70 bits per heavy atom. The molecule has 110 valence electrons. The molecule has 1 aromatic rings. The lowest BCUT2D eigenvalue weighted by atomic mass is 9.75. The molecule has 0 spiro atoms. The number of amides is 1. The highest BCUT2D eigenvalue weighted by Gasteiger charge is 2.27. The number of anilines is 1. The van der Waals surface area contributed by atoms with Crippen molar-refractivity contribution in [2.45, 2.75) is 52.5 Å². The molecule has 2 N–H and O–H groups in total. The Bertz CT molecular complexity index is 463. The number of nitrogens with zero attached hydrogens (tertiary/aromatic N) is 2. The van der Waals surface area contributed by atoms with Gasteiger partial charge in [0.25, 0.3) is 5.91 Å². The van der Waals surface area contributed by atoms with Crippen LogP contribution in [0.2, 0.25) is 0 Å². The zero-order valence-electron chi connectivity index (χ0n) is 12.6. The van der Waals surface area contributed by atoms with Gasteiger partial charge in [-0.05, 0) is 38.0 Å². The van der Waals surface area contributed by atoms with E-state index in [9.17, 15) is 4.79 Å². The summed E-state index contributed by atoms with van der Waals surface area (Å²) in [5.74, 6) is 0.520. The predicted molar refractivity (Wildman–Crippen MR) is 79.7 cm³/mol. The van der Waals surface area contributed by atoms with Crippen molar-refractivity contribution in [2.75, 3.05) is 11.9 Å². The molecule has 1 fully saturated rings. The first-order valence-electron chi connectivity index (χ1n) is 7.37. The van der Waals surface area contributed by atoms with Crippen LogP contribution in [-0.2, 0) is 0 Å². The Kier molecular flexibility index (Phi) is 4.57. The first kappa shape index (κ1) is 14.8. The average molecular weight is 276 g/mol. The van der Waals surface area contributed by atoms with Crippen LogP contribution in [0, 0.1) is 5.41 Å². The predicted octanol–water partition coefficient (Wildman–Crippen LogP) is 2.61. The van der Waals surface area contributed by atoms with E-state index in [1.807, 2.05) is 6.92 Å². The fourth-order valence-corrected chi connectivity index (χ4v) is 2.54. The highest BCUT2D eigenvalue weighted by atomic mass is 16.1. The van der Waals surface area contributed by atoms with Crippen LogP contribution in [0.1, 0.15) is 56.9 Å². The van der Waals surface area contributed by atoms with Crippen molar-refractivity contribution < 1.29 is 4.79 Å². The smallest absolute Gasteiger partial charge is 0.271 e. The summed E-state index contributed by atoms with van der Waals surface area (Å²) < 4.78 is 0. The summed E-state index contributed by atoms with van der Waals surface area (Å²) in [5.41, 5.74) is 0.791. The van der Waals surface area contributed by atoms with Crippen LogP contribution in [0.3, 0.4) is 0 Å². The van der Waals surface area contributed by atoms with Gasteiger partial charge in [-0.1, -0.05) is 13.8 Å². The van der Waals surface area contributed by atoms with Crippen molar-refractivity contribution in [1.29, 1.82) is 0 Å². The van der Waals surface area contributed by atoms with Crippen molar-refractivity contribution >= 4 is 11.7 Å². The van der Waals surface area contributed by atoms with Gasteiger partial charge in [0.2, 0.25) is 0 Å². The van der Waals surface area contributed by atoms with E-state index in [0.717, 1.165) is 32.2 Å². The van der Waals surface area contributed by atoms with Crippen LogP contribution in [0.15, 0.2) is 12.4 Å². The van der Waals surface area contributed by atoms with Crippen molar-refractivity contribution in [3.63, 3.8) is 0 Å². The van der Waals surface area contributed by atoms with Crippen LogP contribution < -0.4 is 10.6 Å². The Morgan fingerprint density at radius 1 is 1.35 bits per heavy atom. The Labute approximate surface area is 120 Å².